The van der Waals surface area contributed by atoms with Crippen LogP contribution in [0.25, 0.3) is 100 Å². The summed E-state index contributed by atoms with van der Waals surface area (Å²) in [5.74, 6) is 2.70. The third-order valence-electron chi connectivity index (χ3n) is 10.4. The Bertz CT molecular complexity index is 3090. The Morgan fingerprint density at radius 1 is 0.519 bits per heavy atom. The highest BCUT2D eigenvalue weighted by Crippen LogP contribution is 2.40. The van der Waals surface area contributed by atoms with Crippen LogP contribution in [0, 0.1) is 11.8 Å². The van der Waals surface area contributed by atoms with Gasteiger partial charge in [0.15, 0.2) is 17.5 Å². The van der Waals surface area contributed by atoms with Crippen LogP contribution in [0.1, 0.15) is 0 Å². The first-order valence-corrected chi connectivity index (χ1v) is 18.4. The van der Waals surface area contributed by atoms with E-state index in [-0.39, 0.29) is 0 Å². The summed E-state index contributed by atoms with van der Waals surface area (Å²) in [7, 11) is 0. The summed E-state index contributed by atoms with van der Waals surface area (Å²) in [6.45, 7) is 0. The smallest absolute Gasteiger partial charge is 0.164 e. The molecule has 2 atom stereocenters. The van der Waals surface area contributed by atoms with E-state index in [0.29, 0.717) is 29.3 Å². The molecule has 0 N–H and O–H groups in total. The van der Waals surface area contributed by atoms with Gasteiger partial charge in [-0.2, -0.15) is 0 Å². The van der Waals surface area contributed by atoms with Crippen LogP contribution in [0.5, 0.6) is 0 Å². The zero-order chi connectivity index (χ0) is 34.2. The molecular weight excluding hydrogens is 655 g/mol. The highest BCUT2D eigenvalue weighted by atomic mass is 32.1. The highest BCUT2D eigenvalue weighted by Gasteiger charge is 2.22. The Labute approximate surface area is 303 Å². The second-order valence-corrected chi connectivity index (χ2v) is 14.6. The predicted octanol–water partition coefficient (Wildman–Crippen LogP) is 10.7. The van der Waals surface area contributed by atoms with E-state index in [1.807, 2.05) is 41.7 Å². The monoisotopic (exact) mass is 683 g/mol. The molecule has 0 fully saturated rings. The molecule has 0 saturated heterocycles. The first-order chi connectivity index (χ1) is 25.7. The number of fused-ring (bicyclic) bond motifs is 8. The number of furan rings is 1. The molecule has 0 bridgehead atoms. The van der Waals surface area contributed by atoms with E-state index in [9.17, 15) is 0 Å². The average molecular weight is 684 g/mol. The maximum Gasteiger partial charge on any atom is 0.164 e. The lowest BCUT2D eigenvalue weighted by atomic mass is 9.84. The molecule has 9 aromatic rings. The van der Waals surface area contributed by atoms with E-state index in [1.54, 1.807) is 0 Å². The number of hydrogen-bond acceptors (Lipinski definition) is 5. The number of rotatable bonds is 4. The molecule has 4 nitrogen and oxygen atoms in total. The van der Waals surface area contributed by atoms with Gasteiger partial charge in [-0.05, 0) is 45.8 Å². The Morgan fingerprint density at radius 2 is 1.21 bits per heavy atom. The van der Waals surface area contributed by atoms with Crippen molar-refractivity contribution in [2.75, 3.05) is 0 Å². The molecule has 0 spiro atoms. The number of aromatic nitrogens is 3. The van der Waals surface area contributed by atoms with Gasteiger partial charge in [0.2, 0.25) is 0 Å². The molecular formula is C47H29N3OS. The second-order valence-electron chi connectivity index (χ2n) is 13.5. The van der Waals surface area contributed by atoms with Crippen LogP contribution in [0.3, 0.4) is 0 Å². The third kappa shape index (κ3) is 4.63. The number of benzene rings is 6. The third-order valence-corrected chi connectivity index (χ3v) is 11.6. The lowest BCUT2D eigenvalue weighted by Gasteiger charge is -2.20. The summed E-state index contributed by atoms with van der Waals surface area (Å²) in [5, 5.41) is 6.98. The molecule has 244 valence electrons. The van der Waals surface area contributed by atoms with Crippen LogP contribution in [-0.4, -0.2) is 15.0 Å². The van der Waals surface area contributed by atoms with Crippen molar-refractivity contribution in [1.82, 2.24) is 15.0 Å². The summed E-state index contributed by atoms with van der Waals surface area (Å²) in [6, 6.07) is 44.2. The Morgan fingerprint density at radius 3 is 2.12 bits per heavy atom. The van der Waals surface area contributed by atoms with E-state index in [0.717, 1.165) is 55.0 Å². The van der Waals surface area contributed by atoms with Gasteiger partial charge in [0.25, 0.3) is 0 Å². The molecule has 2 unspecified atom stereocenters. The van der Waals surface area contributed by atoms with Crippen molar-refractivity contribution < 1.29 is 4.42 Å². The van der Waals surface area contributed by atoms with Crippen molar-refractivity contribution >= 4 is 66.3 Å². The van der Waals surface area contributed by atoms with E-state index >= 15 is 0 Å². The summed E-state index contributed by atoms with van der Waals surface area (Å²) < 4.78 is 9.37. The maximum absolute atomic E-state index is 6.73. The molecule has 11 rings (SSSR count). The van der Waals surface area contributed by atoms with Crippen molar-refractivity contribution in [2.24, 2.45) is 11.8 Å². The Hall–Kier alpha value is -6.43. The lowest BCUT2D eigenvalue weighted by Crippen LogP contribution is -2.28. The fourth-order valence-corrected chi connectivity index (χ4v) is 9.17. The van der Waals surface area contributed by atoms with Gasteiger partial charge < -0.3 is 4.42 Å². The number of para-hydroxylation sites is 1. The first kappa shape index (κ1) is 29.3. The van der Waals surface area contributed by atoms with Crippen LogP contribution >= 0.6 is 11.3 Å². The van der Waals surface area contributed by atoms with Crippen LogP contribution < -0.4 is 9.75 Å². The molecule has 6 aromatic carbocycles. The van der Waals surface area contributed by atoms with Crippen LogP contribution in [0.2, 0.25) is 0 Å². The van der Waals surface area contributed by atoms with E-state index in [2.05, 4.69) is 134 Å². The topological polar surface area (TPSA) is 51.8 Å². The minimum Gasteiger partial charge on any atom is -0.455 e. The molecule has 0 amide bonds. The van der Waals surface area contributed by atoms with Gasteiger partial charge >= 0.3 is 0 Å². The average Bonchev–Trinajstić information content (AvgIpc) is 3.77. The molecule has 5 heteroatoms. The standard InChI is InChI=1S/C47H29N3OS/c1-2-12-29(13-3-1)45-48-46(50-47(49-45)37-21-8-16-28-11-6-7-17-33(28)37)32-23-24-40-38(26-32)36-20-9-19-35(44(36)51-40)34-18-10-22-41-43(34)39-25-30-14-4-5-15-31(30)27-42(39)52-41/h1-27,30-31H. The van der Waals surface area contributed by atoms with Crippen molar-refractivity contribution in [3.8, 4) is 45.3 Å². The summed E-state index contributed by atoms with van der Waals surface area (Å²) >= 11 is 1.88. The normalized spacial score (nSPS) is 16.2. The maximum atomic E-state index is 6.73. The van der Waals surface area contributed by atoms with E-state index in [1.165, 1.54) is 25.4 Å². The van der Waals surface area contributed by atoms with Crippen molar-refractivity contribution in [1.29, 1.82) is 0 Å². The van der Waals surface area contributed by atoms with Crippen LogP contribution in [0.4, 0.5) is 0 Å². The van der Waals surface area contributed by atoms with Gasteiger partial charge in [0.1, 0.15) is 11.2 Å². The number of thiophene rings is 1. The van der Waals surface area contributed by atoms with E-state index < -0.39 is 0 Å². The zero-order valence-corrected chi connectivity index (χ0v) is 28.7. The fourth-order valence-electron chi connectivity index (χ4n) is 7.96. The minimum atomic E-state index is 0.378. The van der Waals surface area contributed by atoms with Crippen molar-refractivity contribution in [3.63, 3.8) is 0 Å². The van der Waals surface area contributed by atoms with Gasteiger partial charge in [-0.15, -0.1) is 11.3 Å². The Kier molecular flexibility index (Phi) is 6.51. The number of hydrogen-bond donors (Lipinski definition) is 0. The van der Waals surface area contributed by atoms with E-state index in [4.69, 9.17) is 19.4 Å². The van der Waals surface area contributed by atoms with Crippen LogP contribution in [0.15, 0.2) is 156 Å². The largest absolute Gasteiger partial charge is 0.455 e. The van der Waals surface area contributed by atoms with Crippen molar-refractivity contribution in [3.05, 3.63) is 161 Å². The Balaban J connectivity index is 1.09. The SMILES string of the molecule is C1=CC2C=c3sc4cccc(-c5cccc6c5oc5ccc(-c7nc(-c8ccccc8)nc(-c8cccc9ccccc89)n7)cc56)c4c3=CC2C=C1. The molecule has 3 aromatic heterocycles. The molecule has 2 aliphatic carbocycles. The highest BCUT2D eigenvalue weighted by molar-refractivity contribution is 7.17. The van der Waals surface area contributed by atoms with Gasteiger partial charge in [0.05, 0.1) is 0 Å². The minimum absolute atomic E-state index is 0.378. The van der Waals surface area contributed by atoms with Crippen LogP contribution in [-0.2, 0) is 0 Å². The number of allylic oxidation sites excluding steroid dienone is 4. The lowest BCUT2D eigenvalue weighted by molar-refractivity contribution is 0.670. The summed E-state index contributed by atoms with van der Waals surface area (Å²) in [4.78, 5) is 15.2. The molecule has 0 aliphatic heterocycles. The molecule has 52 heavy (non-hydrogen) atoms. The molecule has 0 radical (unpaired) electrons. The van der Waals surface area contributed by atoms with Crippen molar-refractivity contribution in [2.45, 2.75) is 0 Å². The molecule has 0 saturated carbocycles. The van der Waals surface area contributed by atoms with Gasteiger partial charge in [-0.25, -0.2) is 15.0 Å². The van der Waals surface area contributed by atoms with Gasteiger partial charge in [-0.1, -0.05) is 140 Å². The molecule has 3 heterocycles. The zero-order valence-electron chi connectivity index (χ0n) is 27.9. The predicted molar refractivity (Wildman–Crippen MR) is 215 cm³/mol. The summed E-state index contributed by atoms with van der Waals surface area (Å²) in [5.41, 5.74) is 6.84. The quantitative estimate of drug-likeness (QED) is 0.185. The van der Waals surface area contributed by atoms with Gasteiger partial charge in [-0.3, -0.25) is 0 Å². The second kappa shape index (κ2) is 11.6. The van der Waals surface area contributed by atoms with Gasteiger partial charge in [0, 0.05) is 59.5 Å². The fraction of sp³-hybridized carbons (Fsp3) is 0.0426. The number of nitrogens with zero attached hydrogens (tertiary/aromatic N) is 3. The summed E-state index contributed by atoms with van der Waals surface area (Å²) in [6.07, 6.45) is 13.8. The molecule has 2 aliphatic rings. The first-order valence-electron chi connectivity index (χ1n) is 17.6.